The van der Waals surface area contributed by atoms with Crippen LogP contribution in [0, 0.1) is 0 Å². The summed E-state index contributed by atoms with van der Waals surface area (Å²) in [7, 11) is 0. The first-order valence-corrected chi connectivity index (χ1v) is 14.4. The third-order valence-corrected chi connectivity index (χ3v) is 8.55. The molecular formula is C30H28Cl2FNO3S. The highest BCUT2D eigenvalue weighted by atomic mass is 35.5. The van der Waals surface area contributed by atoms with E-state index in [1.807, 2.05) is 30.3 Å². The Morgan fingerprint density at radius 3 is 2.61 bits per heavy atom. The van der Waals surface area contributed by atoms with Crippen molar-refractivity contribution in [1.29, 1.82) is 0 Å². The second-order valence-electron chi connectivity index (χ2n) is 9.49. The summed E-state index contributed by atoms with van der Waals surface area (Å²) in [6.07, 6.45) is 2.33. The van der Waals surface area contributed by atoms with E-state index < -0.39 is 5.97 Å². The maximum atomic E-state index is 12.5. The number of carbonyl (C=O) groups is 1. The van der Waals surface area contributed by atoms with Crippen LogP contribution in [-0.2, 0) is 0 Å². The van der Waals surface area contributed by atoms with Gasteiger partial charge in [0.2, 0.25) is 0 Å². The van der Waals surface area contributed by atoms with Crippen molar-refractivity contribution in [2.24, 2.45) is 0 Å². The van der Waals surface area contributed by atoms with E-state index in [2.05, 4.69) is 17.0 Å². The number of hydrogen-bond acceptors (Lipinski definition) is 4. The molecule has 198 valence electrons. The minimum atomic E-state index is -0.944. The molecule has 0 aromatic heterocycles. The van der Waals surface area contributed by atoms with Crippen LogP contribution >= 0.6 is 35.0 Å². The number of benzene rings is 3. The van der Waals surface area contributed by atoms with Crippen molar-refractivity contribution < 1.29 is 19.0 Å². The topological polar surface area (TPSA) is 49.8 Å². The van der Waals surface area contributed by atoms with Gasteiger partial charge in [0.05, 0.1) is 12.2 Å². The number of halogens is 3. The Labute approximate surface area is 236 Å². The fourth-order valence-electron chi connectivity index (χ4n) is 5.14. The smallest absolute Gasteiger partial charge is 0.335 e. The van der Waals surface area contributed by atoms with Gasteiger partial charge >= 0.3 is 5.97 Å². The van der Waals surface area contributed by atoms with Crippen molar-refractivity contribution in [1.82, 2.24) is 4.90 Å². The van der Waals surface area contributed by atoms with E-state index in [4.69, 9.17) is 27.9 Å². The highest BCUT2D eigenvalue weighted by Gasteiger charge is 2.25. The summed E-state index contributed by atoms with van der Waals surface area (Å²) in [5.41, 5.74) is 5.28. The van der Waals surface area contributed by atoms with E-state index in [1.165, 1.54) is 0 Å². The summed E-state index contributed by atoms with van der Waals surface area (Å²) in [5.74, 6) is 0.637. The molecular weight excluding hydrogens is 544 g/mol. The fraction of sp³-hybridized carbons (Fsp3) is 0.300. The minimum absolute atomic E-state index is 0.0903. The van der Waals surface area contributed by atoms with Crippen LogP contribution in [-0.4, -0.2) is 54.1 Å². The van der Waals surface area contributed by atoms with E-state index in [9.17, 15) is 14.3 Å². The Hall–Kier alpha value is -2.51. The molecule has 5 rings (SSSR count). The standard InChI is InChI=1S/C30H28Cl2FNO3S/c31-21-5-9-24(27(32)17-21)25-11-15-38-28-16-20(30(35)36)4-8-26(28)29(25)19-2-6-22(7-3-19)37-23-10-14-34(18-23)13-1-12-33/h2-9,16-17,23H,1,10-15,18H2,(H,35,36)/t23-/m0/s1. The molecule has 0 spiro atoms. The maximum Gasteiger partial charge on any atom is 0.335 e. The predicted octanol–water partition coefficient (Wildman–Crippen LogP) is 7.96. The van der Waals surface area contributed by atoms with Gasteiger partial charge in [-0.05, 0) is 83.5 Å². The van der Waals surface area contributed by atoms with Crippen LogP contribution in [0.2, 0.25) is 10.0 Å². The summed E-state index contributed by atoms with van der Waals surface area (Å²) in [5, 5.41) is 10.7. The lowest BCUT2D eigenvalue weighted by atomic mass is 9.88. The van der Waals surface area contributed by atoms with Gasteiger partial charge in [0.15, 0.2) is 0 Å². The van der Waals surface area contributed by atoms with Gasteiger partial charge in [-0.3, -0.25) is 9.29 Å². The van der Waals surface area contributed by atoms with E-state index in [-0.39, 0.29) is 18.3 Å². The molecule has 2 aliphatic rings. The number of allylic oxidation sites excluding steroid dienone is 1. The molecule has 0 amide bonds. The third kappa shape index (κ3) is 6.04. The van der Waals surface area contributed by atoms with Crippen LogP contribution in [0.25, 0.3) is 11.1 Å². The first-order valence-electron chi connectivity index (χ1n) is 12.7. The Balaban J connectivity index is 1.51. The Morgan fingerprint density at radius 2 is 1.87 bits per heavy atom. The Morgan fingerprint density at radius 1 is 1.08 bits per heavy atom. The van der Waals surface area contributed by atoms with E-state index in [0.29, 0.717) is 16.5 Å². The summed E-state index contributed by atoms with van der Waals surface area (Å²) in [6, 6.07) is 18.9. The zero-order valence-electron chi connectivity index (χ0n) is 20.8. The molecule has 0 aliphatic carbocycles. The Kier molecular flexibility index (Phi) is 8.64. The molecule has 3 aromatic rings. The number of hydrogen-bond donors (Lipinski definition) is 1. The van der Waals surface area contributed by atoms with Crippen LogP contribution in [0.5, 0.6) is 5.75 Å². The molecule has 38 heavy (non-hydrogen) atoms. The lowest BCUT2D eigenvalue weighted by molar-refractivity contribution is 0.0696. The van der Waals surface area contributed by atoms with E-state index in [1.54, 1.807) is 30.0 Å². The maximum absolute atomic E-state index is 12.5. The number of ether oxygens (including phenoxy) is 1. The summed E-state index contributed by atoms with van der Waals surface area (Å²) < 4.78 is 18.8. The van der Waals surface area contributed by atoms with Crippen LogP contribution in [0.15, 0.2) is 65.6 Å². The second kappa shape index (κ2) is 12.1. The molecule has 0 saturated carbocycles. The quantitative estimate of drug-likeness (QED) is 0.297. The zero-order valence-corrected chi connectivity index (χ0v) is 23.1. The van der Waals surface area contributed by atoms with Crippen LogP contribution < -0.4 is 4.74 Å². The molecule has 2 aliphatic heterocycles. The van der Waals surface area contributed by atoms with Gasteiger partial charge < -0.3 is 9.84 Å². The number of fused-ring (bicyclic) bond motifs is 1. The van der Waals surface area contributed by atoms with Crippen LogP contribution in [0.3, 0.4) is 0 Å². The number of carboxylic acids is 1. The van der Waals surface area contributed by atoms with E-state index in [0.717, 1.165) is 76.7 Å². The summed E-state index contributed by atoms with van der Waals surface area (Å²) in [4.78, 5) is 14.8. The monoisotopic (exact) mass is 571 g/mol. The predicted molar refractivity (Wildman–Crippen MR) is 154 cm³/mol. The summed E-state index contributed by atoms with van der Waals surface area (Å²) >= 11 is 14.5. The SMILES string of the molecule is O=C(O)c1ccc2c(c1)SCCC(c1ccc(Cl)cc1Cl)=C2c1ccc(O[C@H]2CCN(CCCF)C2)cc1. The Bertz CT molecular complexity index is 1360. The van der Waals surface area contributed by atoms with Crippen molar-refractivity contribution in [3.05, 3.63) is 93.0 Å². The van der Waals surface area contributed by atoms with Gasteiger partial charge in [0.1, 0.15) is 11.9 Å². The van der Waals surface area contributed by atoms with Crippen molar-refractivity contribution >= 4 is 52.1 Å². The minimum Gasteiger partial charge on any atom is -0.489 e. The van der Waals surface area contributed by atoms with Crippen molar-refractivity contribution in [3.8, 4) is 5.75 Å². The molecule has 3 aromatic carbocycles. The molecule has 1 N–H and O–H groups in total. The van der Waals surface area contributed by atoms with Gasteiger partial charge in [-0.15, -0.1) is 11.8 Å². The van der Waals surface area contributed by atoms with Gasteiger partial charge in [-0.2, -0.15) is 0 Å². The molecule has 1 fully saturated rings. The first-order chi connectivity index (χ1) is 18.4. The van der Waals surface area contributed by atoms with E-state index >= 15 is 0 Å². The fourth-order valence-corrected chi connectivity index (χ4v) is 6.72. The van der Waals surface area contributed by atoms with Crippen LogP contribution in [0.4, 0.5) is 4.39 Å². The van der Waals surface area contributed by atoms with Gasteiger partial charge in [0, 0.05) is 40.3 Å². The second-order valence-corrected chi connectivity index (χ2v) is 11.5. The number of nitrogens with zero attached hydrogens (tertiary/aromatic N) is 1. The number of aromatic carboxylic acids is 1. The van der Waals surface area contributed by atoms with Crippen LogP contribution in [0.1, 0.15) is 46.3 Å². The van der Waals surface area contributed by atoms with Crippen molar-refractivity contribution in [2.75, 3.05) is 32.1 Å². The molecule has 0 radical (unpaired) electrons. The number of carboxylic acid groups (broad SMARTS) is 1. The highest BCUT2D eigenvalue weighted by molar-refractivity contribution is 7.99. The van der Waals surface area contributed by atoms with Gasteiger partial charge in [-0.25, -0.2) is 4.79 Å². The average Bonchev–Trinajstić information content (AvgIpc) is 3.26. The number of rotatable bonds is 8. The molecule has 0 bridgehead atoms. The van der Waals surface area contributed by atoms with Gasteiger partial charge in [-0.1, -0.05) is 47.5 Å². The molecule has 0 unspecified atom stereocenters. The lowest BCUT2D eigenvalue weighted by Crippen LogP contribution is -2.26. The highest BCUT2D eigenvalue weighted by Crippen LogP contribution is 2.45. The number of likely N-dealkylation sites (tertiary alicyclic amines) is 1. The van der Waals surface area contributed by atoms with Crippen molar-refractivity contribution in [3.63, 3.8) is 0 Å². The number of alkyl halides is 1. The largest absolute Gasteiger partial charge is 0.489 e. The lowest BCUT2D eigenvalue weighted by Gasteiger charge is -2.19. The zero-order chi connectivity index (χ0) is 26.6. The molecule has 1 saturated heterocycles. The van der Waals surface area contributed by atoms with Crippen molar-refractivity contribution in [2.45, 2.75) is 30.3 Å². The molecule has 4 nitrogen and oxygen atoms in total. The number of thioether (sulfide) groups is 1. The average molecular weight is 573 g/mol. The third-order valence-electron chi connectivity index (χ3n) is 6.95. The van der Waals surface area contributed by atoms with Gasteiger partial charge in [0.25, 0.3) is 0 Å². The normalized spacial score (nSPS) is 17.8. The first kappa shape index (κ1) is 27.1. The molecule has 8 heteroatoms. The molecule has 2 heterocycles. The molecule has 1 atom stereocenters. The summed E-state index contributed by atoms with van der Waals surface area (Å²) in [6.45, 7) is 2.21.